The summed E-state index contributed by atoms with van der Waals surface area (Å²) in [6, 6.07) is 10.6. The number of carbonyl (C=O) groups is 1. The second kappa shape index (κ2) is 7.41. The second-order valence-corrected chi connectivity index (χ2v) is 7.06. The molecule has 0 saturated heterocycles. The molecule has 0 radical (unpaired) electrons. The first-order chi connectivity index (χ1) is 11.3. The van der Waals surface area contributed by atoms with Crippen LogP contribution in [-0.2, 0) is 10.0 Å². The fourth-order valence-electron chi connectivity index (χ4n) is 1.90. The predicted molar refractivity (Wildman–Crippen MR) is 95.6 cm³/mol. The van der Waals surface area contributed by atoms with E-state index in [1.807, 2.05) is 0 Å². The molecule has 128 valence electrons. The summed E-state index contributed by atoms with van der Waals surface area (Å²) in [5, 5.41) is 5.72. The Kier molecular flexibility index (Phi) is 5.53. The van der Waals surface area contributed by atoms with Crippen LogP contribution in [0.2, 0.25) is 5.02 Å². The number of benzene rings is 2. The molecular weight excluding hydrogens is 354 g/mol. The van der Waals surface area contributed by atoms with E-state index in [1.54, 1.807) is 30.3 Å². The molecule has 0 aromatic heterocycles. The highest BCUT2D eigenvalue weighted by Gasteiger charge is 2.09. The van der Waals surface area contributed by atoms with Gasteiger partial charge in [0.2, 0.25) is 10.0 Å². The van der Waals surface area contributed by atoms with Crippen molar-refractivity contribution in [1.82, 2.24) is 0 Å². The Morgan fingerprint density at radius 3 is 2.25 bits per heavy atom. The van der Waals surface area contributed by atoms with Crippen LogP contribution in [0.5, 0.6) is 5.75 Å². The maximum Gasteiger partial charge on any atom is 0.323 e. The van der Waals surface area contributed by atoms with Gasteiger partial charge in [0.15, 0.2) is 0 Å². The minimum absolute atomic E-state index is 0.403. The van der Waals surface area contributed by atoms with Crippen LogP contribution >= 0.6 is 11.6 Å². The first kappa shape index (κ1) is 17.9. The highest BCUT2D eigenvalue weighted by molar-refractivity contribution is 7.92. The SMILES string of the molecule is COc1ccc(Cl)cc1NC(=O)Nc1ccc(NS(C)(=O)=O)cc1. The fraction of sp³-hybridized carbons (Fsp3) is 0.133. The number of methoxy groups -OCH3 is 1. The van der Waals surface area contributed by atoms with Crippen molar-refractivity contribution in [2.45, 2.75) is 0 Å². The van der Waals surface area contributed by atoms with E-state index >= 15 is 0 Å². The second-order valence-electron chi connectivity index (χ2n) is 4.88. The third-order valence-corrected chi connectivity index (χ3v) is 3.70. The number of anilines is 3. The number of urea groups is 1. The number of rotatable bonds is 5. The smallest absolute Gasteiger partial charge is 0.323 e. The summed E-state index contributed by atoms with van der Waals surface area (Å²) in [6.07, 6.45) is 1.06. The fourth-order valence-corrected chi connectivity index (χ4v) is 2.63. The number of sulfonamides is 1. The van der Waals surface area contributed by atoms with Gasteiger partial charge in [0.1, 0.15) is 5.75 Å². The zero-order valence-electron chi connectivity index (χ0n) is 13.0. The molecule has 2 aromatic carbocycles. The molecule has 7 nitrogen and oxygen atoms in total. The lowest BCUT2D eigenvalue weighted by Crippen LogP contribution is -2.19. The number of halogens is 1. The summed E-state index contributed by atoms with van der Waals surface area (Å²) >= 11 is 5.90. The average molecular weight is 370 g/mol. The number of carbonyl (C=O) groups excluding carboxylic acids is 1. The Morgan fingerprint density at radius 1 is 1.04 bits per heavy atom. The highest BCUT2D eigenvalue weighted by atomic mass is 35.5. The molecule has 0 atom stereocenters. The van der Waals surface area contributed by atoms with Gasteiger partial charge in [0.05, 0.1) is 19.1 Å². The molecule has 2 amide bonds. The normalized spacial score (nSPS) is 10.8. The predicted octanol–water partition coefficient (Wildman–Crippen LogP) is 3.36. The van der Waals surface area contributed by atoms with Crippen LogP contribution in [0.1, 0.15) is 0 Å². The maximum atomic E-state index is 12.0. The molecule has 24 heavy (non-hydrogen) atoms. The van der Waals surface area contributed by atoms with E-state index in [-0.39, 0.29) is 0 Å². The van der Waals surface area contributed by atoms with Crippen molar-refractivity contribution >= 4 is 44.7 Å². The number of amides is 2. The first-order valence-electron chi connectivity index (χ1n) is 6.76. The van der Waals surface area contributed by atoms with E-state index in [0.29, 0.717) is 27.8 Å². The molecule has 0 bridgehead atoms. The van der Waals surface area contributed by atoms with E-state index in [0.717, 1.165) is 6.26 Å². The molecule has 0 unspecified atom stereocenters. The molecule has 0 aliphatic heterocycles. The Labute approximate surface area is 145 Å². The van der Waals surface area contributed by atoms with Crippen LogP contribution in [0.25, 0.3) is 0 Å². The number of hydrogen-bond donors (Lipinski definition) is 3. The largest absolute Gasteiger partial charge is 0.495 e. The van der Waals surface area contributed by atoms with E-state index in [2.05, 4.69) is 15.4 Å². The van der Waals surface area contributed by atoms with Crippen molar-refractivity contribution in [3.05, 3.63) is 47.5 Å². The molecule has 0 heterocycles. The van der Waals surface area contributed by atoms with Gasteiger partial charge in [-0.1, -0.05) is 11.6 Å². The first-order valence-corrected chi connectivity index (χ1v) is 9.03. The number of ether oxygens (including phenoxy) is 1. The highest BCUT2D eigenvalue weighted by Crippen LogP contribution is 2.27. The maximum absolute atomic E-state index is 12.0. The van der Waals surface area contributed by atoms with Crippen LogP contribution < -0.4 is 20.1 Å². The Balaban J connectivity index is 2.04. The van der Waals surface area contributed by atoms with Gasteiger partial charge in [-0.05, 0) is 42.5 Å². The topological polar surface area (TPSA) is 96.5 Å². The summed E-state index contributed by atoms with van der Waals surface area (Å²) in [7, 11) is -1.86. The minimum atomic E-state index is -3.34. The summed E-state index contributed by atoms with van der Waals surface area (Å²) in [4.78, 5) is 12.0. The zero-order valence-corrected chi connectivity index (χ0v) is 14.5. The van der Waals surface area contributed by atoms with Gasteiger partial charge >= 0.3 is 6.03 Å². The summed E-state index contributed by atoms with van der Waals surface area (Å²) in [5.41, 5.74) is 1.32. The van der Waals surface area contributed by atoms with Crippen molar-refractivity contribution in [2.75, 3.05) is 28.7 Å². The van der Waals surface area contributed by atoms with E-state index in [1.165, 1.54) is 19.2 Å². The summed E-state index contributed by atoms with van der Waals surface area (Å²) < 4.78 is 29.8. The van der Waals surface area contributed by atoms with Crippen molar-refractivity contribution in [3.63, 3.8) is 0 Å². The van der Waals surface area contributed by atoms with Crippen molar-refractivity contribution in [3.8, 4) is 5.75 Å². The molecule has 0 aliphatic carbocycles. The van der Waals surface area contributed by atoms with Gasteiger partial charge in [-0.3, -0.25) is 4.72 Å². The molecule has 0 saturated carbocycles. The lowest BCUT2D eigenvalue weighted by atomic mass is 10.3. The van der Waals surface area contributed by atoms with Gasteiger partial charge in [0, 0.05) is 16.4 Å². The average Bonchev–Trinajstić information content (AvgIpc) is 2.48. The molecule has 0 spiro atoms. The van der Waals surface area contributed by atoms with Crippen molar-refractivity contribution in [2.24, 2.45) is 0 Å². The third-order valence-electron chi connectivity index (χ3n) is 2.86. The molecular formula is C15H16ClN3O4S. The van der Waals surface area contributed by atoms with E-state index < -0.39 is 16.1 Å². The minimum Gasteiger partial charge on any atom is -0.495 e. The molecule has 2 aromatic rings. The third kappa shape index (κ3) is 5.32. The Bertz CT molecular complexity index is 838. The zero-order chi connectivity index (χ0) is 17.7. The van der Waals surface area contributed by atoms with Gasteiger partial charge in [-0.25, -0.2) is 13.2 Å². The molecule has 0 fully saturated rings. The summed E-state index contributed by atoms with van der Waals surface area (Å²) in [5.74, 6) is 0.474. The van der Waals surface area contributed by atoms with Gasteiger partial charge < -0.3 is 15.4 Å². The molecule has 2 rings (SSSR count). The van der Waals surface area contributed by atoms with Crippen LogP contribution in [0.4, 0.5) is 21.9 Å². The quantitative estimate of drug-likeness (QED) is 0.752. The lowest BCUT2D eigenvalue weighted by molar-refractivity contribution is 0.262. The molecule has 0 aliphatic rings. The molecule has 3 N–H and O–H groups in total. The standard InChI is InChI=1S/C15H16ClN3O4S/c1-23-14-8-3-10(16)9-13(14)18-15(20)17-11-4-6-12(7-5-11)19-24(2,21)22/h3-9,19H,1-2H3,(H2,17,18,20). The van der Waals surface area contributed by atoms with Crippen LogP contribution in [-0.4, -0.2) is 27.8 Å². The number of nitrogens with one attached hydrogen (secondary N) is 3. The van der Waals surface area contributed by atoms with E-state index in [9.17, 15) is 13.2 Å². The van der Waals surface area contributed by atoms with Crippen molar-refractivity contribution in [1.29, 1.82) is 0 Å². The monoisotopic (exact) mass is 369 g/mol. The van der Waals surface area contributed by atoms with Crippen molar-refractivity contribution < 1.29 is 17.9 Å². The Morgan fingerprint density at radius 2 is 1.67 bits per heavy atom. The Hall–Kier alpha value is -2.45. The number of hydrogen-bond acceptors (Lipinski definition) is 4. The van der Waals surface area contributed by atoms with Gasteiger partial charge in [0.25, 0.3) is 0 Å². The van der Waals surface area contributed by atoms with Crippen LogP contribution in [0.15, 0.2) is 42.5 Å². The molecule has 9 heteroatoms. The van der Waals surface area contributed by atoms with Crippen LogP contribution in [0.3, 0.4) is 0 Å². The van der Waals surface area contributed by atoms with Gasteiger partial charge in [-0.2, -0.15) is 0 Å². The van der Waals surface area contributed by atoms with Gasteiger partial charge in [-0.15, -0.1) is 0 Å². The van der Waals surface area contributed by atoms with E-state index in [4.69, 9.17) is 16.3 Å². The van der Waals surface area contributed by atoms with Crippen LogP contribution in [0, 0.1) is 0 Å². The summed E-state index contributed by atoms with van der Waals surface area (Å²) in [6.45, 7) is 0. The lowest BCUT2D eigenvalue weighted by Gasteiger charge is -2.12.